The van der Waals surface area contributed by atoms with Crippen LogP contribution in [0.25, 0.3) is 0 Å². The first kappa shape index (κ1) is 26.3. The van der Waals surface area contributed by atoms with Gasteiger partial charge >= 0.3 is 0 Å². The predicted octanol–water partition coefficient (Wildman–Crippen LogP) is 5.49. The van der Waals surface area contributed by atoms with Gasteiger partial charge in [-0.05, 0) is 89.4 Å². The first-order chi connectivity index (χ1) is 16.0. The van der Waals surface area contributed by atoms with Crippen LogP contribution in [0.5, 0.6) is 11.5 Å². The van der Waals surface area contributed by atoms with Crippen molar-refractivity contribution in [2.24, 2.45) is 0 Å². The molecule has 0 spiro atoms. The minimum atomic E-state index is 0.0601. The third kappa shape index (κ3) is 6.86. The molecule has 0 aliphatic carbocycles. The van der Waals surface area contributed by atoms with Crippen molar-refractivity contribution < 1.29 is 9.47 Å². The van der Waals surface area contributed by atoms with Gasteiger partial charge < -0.3 is 25.0 Å². The first-order valence-corrected chi connectivity index (χ1v) is 12.6. The number of ether oxygens (including phenoxy) is 2. The topological polar surface area (TPSA) is 45.8 Å². The van der Waals surface area contributed by atoms with Crippen LogP contribution in [0.15, 0.2) is 48.5 Å². The van der Waals surface area contributed by atoms with E-state index in [2.05, 4.69) is 92.6 Å². The molecule has 1 aliphatic heterocycles. The van der Waals surface area contributed by atoms with Crippen LogP contribution < -0.4 is 20.1 Å². The Hall–Kier alpha value is -2.31. The van der Waals surface area contributed by atoms with Crippen molar-refractivity contribution in [3.8, 4) is 11.5 Å². The molecule has 2 N–H and O–H groups in total. The highest BCUT2D eigenvalue weighted by molar-refractivity contribution is 7.80. The number of nitrogens with zero attached hydrogens (tertiary/aromatic N) is 1. The van der Waals surface area contributed by atoms with Gasteiger partial charge in [-0.15, -0.1) is 0 Å². The van der Waals surface area contributed by atoms with Gasteiger partial charge in [0.25, 0.3) is 0 Å². The van der Waals surface area contributed by atoms with Gasteiger partial charge in [-0.2, -0.15) is 0 Å². The number of hydrogen-bond acceptors (Lipinski definition) is 4. The lowest BCUT2D eigenvalue weighted by atomic mass is 9.80. The van der Waals surface area contributed by atoms with Crippen LogP contribution in [-0.2, 0) is 6.42 Å². The lowest BCUT2D eigenvalue weighted by Crippen LogP contribution is -2.63. The molecule has 1 atom stereocenters. The number of hydrogen-bond donors (Lipinski definition) is 2. The molecule has 0 amide bonds. The standard InChI is InChI=1S/C28H41N3O2S/c1-20(22-11-9-8-10-12-22)31(16-15-21-13-14-24(32-6)25(17-21)33-7)26(34)29-23-18-27(2,3)30-28(4,5)19-23/h8-14,17,20,23,30H,15-16,18-19H2,1-7H3,(H,29,34). The van der Waals surface area contributed by atoms with E-state index in [1.54, 1.807) is 14.2 Å². The van der Waals surface area contributed by atoms with Crippen LogP contribution in [-0.4, -0.2) is 47.9 Å². The van der Waals surface area contributed by atoms with Crippen LogP contribution in [0.4, 0.5) is 0 Å². The van der Waals surface area contributed by atoms with E-state index >= 15 is 0 Å². The molecule has 1 saturated heterocycles. The van der Waals surface area contributed by atoms with Crippen LogP contribution in [0.2, 0.25) is 0 Å². The fourth-order valence-electron chi connectivity index (χ4n) is 5.35. The summed E-state index contributed by atoms with van der Waals surface area (Å²) in [6, 6.07) is 17.2. The summed E-state index contributed by atoms with van der Waals surface area (Å²) >= 11 is 6.04. The number of benzene rings is 2. The molecular weight excluding hydrogens is 442 g/mol. The normalized spacial score (nSPS) is 18.1. The van der Waals surface area contributed by atoms with Crippen molar-refractivity contribution in [2.45, 2.75) is 77.0 Å². The van der Waals surface area contributed by atoms with Crippen LogP contribution in [0.3, 0.4) is 0 Å². The van der Waals surface area contributed by atoms with Crippen LogP contribution in [0, 0.1) is 0 Å². The van der Waals surface area contributed by atoms with E-state index in [0.29, 0.717) is 6.04 Å². The van der Waals surface area contributed by atoms with Crippen molar-refractivity contribution in [1.82, 2.24) is 15.5 Å². The number of nitrogens with one attached hydrogen (secondary N) is 2. The summed E-state index contributed by atoms with van der Waals surface area (Å²) < 4.78 is 10.9. The van der Waals surface area contributed by atoms with Crippen molar-refractivity contribution >= 4 is 17.3 Å². The summed E-state index contributed by atoms with van der Waals surface area (Å²) in [5.41, 5.74) is 2.56. The summed E-state index contributed by atoms with van der Waals surface area (Å²) in [6.07, 6.45) is 2.90. The highest BCUT2D eigenvalue weighted by atomic mass is 32.1. The highest BCUT2D eigenvalue weighted by Crippen LogP contribution is 2.30. The minimum absolute atomic E-state index is 0.0601. The molecule has 2 aromatic rings. The zero-order valence-electron chi connectivity index (χ0n) is 21.8. The smallest absolute Gasteiger partial charge is 0.169 e. The zero-order chi connectivity index (χ0) is 24.9. The van der Waals surface area contributed by atoms with Crippen molar-refractivity contribution in [3.05, 3.63) is 59.7 Å². The molecule has 1 fully saturated rings. The molecular formula is C28H41N3O2S. The summed E-state index contributed by atoms with van der Waals surface area (Å²) in [6.45, 7) is 12.1. The quantitative estimate of drug-likeness (QED) is 0.484. The number of methoxy groups -OCH3 is 2. The van der Waals surface area contributed by atoms with E-state index in [-0.39, 0.29) is 17.1 Å². The summed E-state index contributed by atoms with van der Waals surface area (Å²) in [7, 11) is 3.33. The maximum absolute atomic E-state index is 6.04. The Morgan fingerprint density at radius 3 is 2.24 bits per heavy atom. The summed E-state index contributed by atoms with van der Waals surface area (Å²) in [5.74, 6) is 1.50. The van der Waals surface area contributed by atoms with Crippen LogP contribution >= 0.6 is 12.2 Å². The lowest BCUT2D eigenvalue weighted by molar-refractivity contribution is 0.153. The molecule has 0 saturated carbocycles. The van der Waals surface area contributed by atoms with Crippen molar-refractivity contribution in [2.75, 3.05) is 20.8 Å². The largest absolute Gasteiger partial charge is 0.493 e. The Balaban J connectivity index is 1.79. The van der Waals surface area contributed by atoms with Crippen LogP contribution in [0.1, 0.15) is 64.6 Å². The lowest BCUT2D eigenvalue weighted by Gasteiger charge is -2.47. The molecule has 0 radical (unpaired) electrons. The third-order valence-electron chi connectivity index (χ3n) is 6.62. The maximum Gasteiger partial charge on any atom is 0.169 e. The monoisotopic (exact) mass is 483 g/mol. The van der Waals surface area contributed by atoms with Gasteiger partial charge in [0.1, 0.15) is 0 Å². The number of piperidine rings is 1. The van der Waals surface area contributed by atoms with E-state index in [1.165, 1.54) is 11.1 Å². The number of thiocarbonyl (C=S) groups is 1. The zero-order valence-corrected chi connectivity index (χ0v) is 22.6. The fraction of sp³-hybridized carbons (Fsp3) is 0.536. The molecule has 1 unspecified atom stereocenters. The average molecular weight is 484 g/mol. The van der Waals surface area contributed by atoms with E-state index < -0.39 is 0 Å². The molecule has 186 valence electrons. The fourth-order valence-corrected chi connectivity index (χ4v) is 5.77. The number of rotatable bonds is 8. The first-order valence-electron chi connectivity index (χ1n) is 12.2. The second-order valence-electron chi connectivity index (χ2n) is 10.7. The summed E-state index contributed by atoms with van der Waals surface area (Å²) in [5, 5.41) is 8.31. The Kier molecular flexibility index (Phi) is 8.47. The molecule has 34 heavy (non-hydrogen) atoms. The Morgan fingerprint density at radius 1 is 1.03 bits per heavy atom. The molecule has 0 bridgehead atoms. The van der Waals surface area contributed by atoms with Gasteiger partial charge in [-0.1, -0.05) is 36.4 Å². The molecule has 6 heteroatoms. The van der Waals surface area contributed by atoms with Gasteiger partial charge in [0, 0.05) is 23.7 Å². The van der Waals surface area contributed by atoms with Crippen molar-refractivity contribution in [3.63, 3.8) is 0 Å². The van der Waals surface area contributed by atoms with Gasteiger partial charge in [-0.25, -0.2) is 0 Å². The van der Waals surface area contributed by atoms with E-state index in [9.17, 15) is 0 Å². The van der Waals surface area contributed by atoms with E-state index in [4.69, 9.17) is 21.7 Å². The second kappa shape index (κ2) is 11.0. The molecule has 0 aromatic heterocycles. The Labute approximate surface area is 211 Å². The Morgan fingerprint density at radius 2 is 1.65 bits per heavy atom. The molecule has 2 aromatic carbocycles. The summed E-state index contributed by atoms with van der Waals surface area (Å²) in [4.78, 5) is 2.32. The van der Waals surface area contributed by atoms with Gasteiger partial charge in [0.15, 0.2) is 16.6 Å². The van der Waals surface area contributed by atoms with E-state index in [0.717, 1.165) is 42.4 Å². The minimum Gasteiger partial charge on any atom is -0.493 e. The van der Waals surface area contributed by atoms with Gasteiger partial charge in [0.2, 0.25) is 0 Å². The van der Waals surface area contributed by atoms with Crippen molar-refractivity contribution in [1.29, 1.82) is 0 Å². The van der Waals surface area contributed by atoms with E-state index in [1.807, 2.05) is 6.07 Å². The SMILES string of the molecule is COc1ccc(CCN(C(=S)NC2CC(C)(C)NC(C)(C)C2)C(C)c2ccccc2)cc1OC. The average Bonchev–Trinajstić information content (AvgIpc) is 2.77. The second-order valence-corrected chi connectivity index (χ2v) is 11.1. The molecule has 5 nitrogen and oxygen atoms in total. The van der Waals surface area contributed by atoms with Gasteiger partial charge in [-0.3, -0.25) is 0 Å². The Bertz CT molecular complexity index is 945. The highest BCUT2D eigenvalue weighted by Gasteiger charge is 2.38. The molecule has 3 rings (SSSR count). The maximum atomic E-state index is 6.04. The predicted molar refractivity (Wildman–Crippen MR) is 145 cm³/mol. The van der Waals surface area contributed by atoms with Gasteiger partial charge in [0.05, 0.1) is 20.3 Å². The molecule has 1 aliphatic rings. The molecule has 1 heterocycles. The third-order valence-corrected chi connectivity index (χ3v) is 6.97.